The minimum absolute atomic E-state index is 0.0965. The van der Waals surface area contributed by atoms with Crippen LogP contribution < -0.4 is 5.32 Å². The van der Waals surface area contributed by atoms with E-state index in [1.807, 2.05) is 13.0 Å². The molecule has 0 aliphatic heterocycles. The predicted molar refractivity (Wildman–Crippen MR) is 79.6 cm³/mol. The van der Waals surface area contributed by atoms with Crippen molar-refractivity contribution >= 4 is 28.9 Å². The van der Waals surface area contributed by atoms with Gasteiger partial charge in [0.15, 0.2) is 0 Å². The summed E-state index contributed by atoms with van der Waals surface area (Å²) in [7, 11) is 0. The molecule has 0 aliphatic rings. The Bertz CT molecular complexity index is 680. The zero-order valence-corrected chi connectivity index (χ0v) is 12.1. The molecule has 2 rings (SSSR count). The molecular weight excluding hydrogens is 298 g/mol. The van der Waals surface area contributed by atoms with E-state index in [2.05, 4.69) is 5.32 Å². The Labute approximate surface area is 126 Å². The van der Waals surface area contributed by atoms with E-state index < -0.39 is 5.82 Å². The summed E-state index contributed by atoms with van der Waals surface area (Å²) < 4.78 is 13.4. The summed E-state index contributed by atoms with van der Waals surface area (Å²) in [6.07, 6.45) is 0. The first-order valence-corrected chi connectivity index (χ1v) is 6.68. The van der Waals surface area contributed by atoms with Crippen LogP contribution in [0.3, 0.4) is 0 Å². The van der Waals surface area contributed by atoms with Gasteiger partial charge in [-0.2, -0.15) is 5.26 Å². The lowest BCUT2D eigenvalue weighted by Crippen LogP contribution is -2.07. The molecule has 0 aromatic heterocycles. The van der Waals surface area contributed by atoms with Gasteiger partial charge in [-0.3, -0.25) is 0 Å². The molecular formula is C15H11Cl2FN2. The van der Waals surface area contributed by atoms with Crippen LogP contribution in [0.15, 0.2) is 36.4 Å². The zero-order valence-electron chi connectivity index (χ0n) is 10.6. The standard InChI is InChI=1S/C15H11Cl2FN2/c1-9(10-2-4-14(17)15(18)7-10)20-12-3-5-13(16)11(6-12)8-19/h2-7,9,20H,1H3. The Morgan fingerprint density at radius 1 is 1.15 bits per heavy atom. The lowest BCUT2D eigenvalue weighted by molar-refractivity contribution is 0.624. The first-order chi connectivity index (χ1) is 9.51. The highest BCUT2D eigenvalue weighted by molar-refractivity contribution is 6.31. The van der Waals surface area contributed by atoms with Crippen LogP contribution in [0.1, 0.15) is 24.1 Å². The fourth-order valence-corrected chi connectivity index (χ4v) is 2.09. The maximum Gasteiger partial charge on any atom is 0.142 e. The average molecular weight is 309 g/mol. The zero-order chi connectivity index (χ0) is 14.7. The molecule has 5 heteroatoms. The van der Waals surface area contributed by atoms with Crippen LogP contribution in [0.5, 0.6) is 0 Å². The molecule has 0 amide bonds. The third-order valence-electron chi connectivity index (χ3n) is 2.91. The van der Waals surface area contributed by atoms with Gasteiger partial charge in [-0.25, -0.2) is 4.39 Å². The number of nitriles is 1. The number of anilines is 1. The molecule has 0 bridgehead atoms. The molecule has 0 spiro atoms. The summed E-state index contributed by atoms with van der Waals surface area (Å²) in [4.78, 5) is 0. The maximum absolute atomic E-state index is 13.4. The third kappa shape index (κ3) is 3.22. The maximum atomic E-state index is 13.4. The quantitative estimate of drug-likeness (QED) is 0.848. The minimum atomic E-state index is -0.452. The Kier molecular flexibility index (Phi) is 4.49. The van der Waals surface area contributed by atoms with Gasteiger partial charge in [-0.15, -0.1) is 0 Å². The predicted octanol–water partition coefficient (Wildman–Crippen LogP) is 5.18. The molecule has 0 saturated carbocycles. The highest BCUT2D eigenvalue weighted by atomic mass is 35.5. The molecule has 2 nitrogen and oxygen atoms in total. The van der Waals surface area contributed by atoms with Crippen molar-refractivity contribution in [2.75, 3.05) is 5.32 Å². The number of nitrogens with one attached hydrogen (secondary N) is 1. The van der Waals surface area contributed by atoms with Gasteiger partial charge >= 0.3 is 0 Å². The second-order valence-corrected chi connectivity index (χ2v) is 5.16. The number of hydrogen-bond donors (Lipinski definition) is 1. The smallest absolute Gasteiger partial charge is 0.142 e. The molecule has 20 heavy (non-hydrogen) atoms. The van der Waals surface area contributed by atoms with E-state index in [1.165, 1.54) is 12.1 Å². The second kappa shape index (κ2) is 6.13. The summed E-state index contributed by atoms with van der Waals surface area (Å²) >= 11 is 11.5. The van der Waals surface area contributed by atoms with Crippen LogP contribution in [0.4, 0.5) is 10.1 Å². The molecule has 0 saturated heterocycles. The summed E-state index contributed by atoms with van der Waals surface area (Å²) in [6, 6.07) is 11.6. The highest BCUT2D eigenvalue weighted by Gasteiger charge is 2.09. The molecule has 102 valence electrons. The van der Waals surface area contributed by atoms with E-state index in [-0.39, 0.29) is 11.1 Å². The van der Waals surface area contributed by atoms with E-state index >= 15 is 0 Å². The first kappa shape index (κ1) is 14.6. The molecule has 2 aromatic rings. The largest absolute Gasteiger partial charge is 0.378 e. The molecule has 2 aromatic carbocycles. The van der Waals surface area contributed by atoms with E-state index in [1.54, 1.807) is 24.3 Å². The Hall–Kier alpha value is -1.76. The van der Waals surface area contributed by atoms with E-state index in [4.69, 9.17) is 28.5 Å². The van der Waals surface area contributed by atoms with E-state index in [0.717, 1.165) is 11.3 Å². The van der Waals surface area contributed by atoms with Crippen molar-refractivity contribution in [3.8, 4) is 6.07 Å². The van der Waals surface area contributed by atoms with Crippen LogP contribution in [0.2, 0.25) is 10.0 Å². The molecule has 0 aliphatic carbocycles. The van der Waals surface area contributed by atoms with Gasteiger partial charge < -0.3 is 5.32 Å². The Morgan fingerprint density at radius 3 is 2.50 bits per heavy atom. The summed E-state index contributed by atoms with van der Waals surface area (Å²) in [5.41, 5.74) is 1.90. The topological polar surface area (TPSA) is 35.8 Å². The average Bonchev–Trinajstić information content (AvgIpc) is 2.43. The van der Waals surface area contributed by atoms with Crippen LogP contribution in [-0.4, -0.2) is 0 Å². The monoisotopic (exact) mass is 308 g/mol. The van der Waals surface area contributed by atoms with Crippen LogP contribution in [0, 0.1) is 17.1 Å². The highest BCUT2D eigenvalue weighted by Crippen LogP contribution is 2.25. The fraction of sp³-hybridized carbons (Fsp3) is 0.133. The van der Waals surface area contributed by atoms with Gasteiger partial charge in [0.25, 0.3) is 0 Å². The van der Waals surface area contributed by atoms with Crippen molar-refractivity contribution < 1.29 is 4.39 Å². The van der Waals surface area contributed by atoms with Crippen molar-refractivity contribution in [2.24, 2.45) is 0 Å². The van der Waals surface area contributed by atoms with Gasteiger partial charge in [-0.1, -0.05) is 29.3 Å². The Balaban J connectivity index is 2.21. The number of halogens is 3. The summed E-state index contributed by atoms with van der Waals surface area (Å²) in [5, 5.41) is 12.6. The van der Waals surface area contributed by atoms with Crippen molar-refractivity contribution in [3.63, 3.8) is 0 Å². The second-order valence-electron chi connectivity index (χ2n) is 4.35. The van der Waals surface area contributed by atoms with Crippen molar-refractivity contribution in [1.82, 2.24) is 0 Å². The Morgan fingerprint density at radius 2 is 1.85 bits per heavy atom. The van der Waals surface area contributed by atoms with Gasteiger partial charge in [0, 0.05) is 11.7 Å². The molecule has 1 atom stereocenters. The van der Waals surface area contributed by atoms with Gasteiger partial charge in [0.2, 0.25) is 0 Å². The fourth-order valence-electron chi connectivity index (χ4n) is 1.82. The van der Waals surface area contributed by atoms with Crippen LogP contribution in [-0.2, 0) is 0 Å². The van der Waals surface area contributed by atoms with Crippen molar-refractivity contribution in [3.05, 3.63) is 63.4 Å². The molecule has 1 unspecified atom stereocenters. The van der Waals surface area contributed by atoms with Crippen LogP contribution in [0.25, 0.3) is 0 Å². The molecule has 0 fully saturated rings. The van der Waals surface area contributed by atoms with E-state index in [0.29, 0.717) is 10.6 Å². The first-order valence-electron chi connectivity index (χ1n) is 5.92. The van der Waals surface area contributed by atoms with Gasteiger partial charge in [-0.05, 0) is 42.8 Å². The lowest BCUT2D eigenvalue weighted by Gasteiger charge is -2.16. The molecule has 0 radical (unpaired) electrons. The number of nitrogens with zero attached hydrogens (tertiary/aromatic N) is 1. The lowest BCUT2D eigenvalue weighted by atomic mass is 10.1. The van der Waals surface area contributed by atoms with Crippen molar-refractivity contribution in [1.29, 1.82) is 5.26 Å². The molecule has 1 N–H and O–H groups in total. The number of hydrogen-bond acceptors (Lipinski definition) is 2. The number of rotatable bonds is 3. The van der Waals surface area contributed by atoms with Gasteiger partial charge in [0.1, 0.15) is 11.9 Å². The molecule has 0 heterocycles. The number of benzene rings is 2. The van der Waals surface area contributed by atoms with Crippen molar-refractivity contribution in [2.45, 2.75) is 13.0 Å². The minimum Gasteiger partial charge on any atom is -0.378 e. The SMILES string of the molecule is CC(Nc1ccc(Cl)c(C#N)c1)c1ccc(Cl)c(F)c1. The summed E-state index contributed by atoms with van der Waals surface area (Å²) in [5.74, 6) is -0.452. The normalized spacial score (nSPS) is 11.8. The van der Waals surface area contributed by atoms with Gasteiger partial charge in [0.05, 0.1) is 15.6 Å². The summed E-state index contributed by atoms with van der Waals surface area (Å²) in [6.45, 7) is 1.89. The van der Waals surface area contributed by atoms with E-state index in [9.17, 15) is 4.39 Å². The third-order valence-corrected chi connectivity index (χ3v) is 3.55. The van der Waals surface area contributed by atoms with Crippen LogP contribution >= 0.6 is 23.2 Å².